The van der Waals surface area contributed by atoms with Crippen molar-refractivity contribution in [3.63, 3.8) is 0 Å². The molecule has 1 aliphatic heterocycles. The number of rotatable bonds is 4. The van der Waals surface area contributed by atoms with Crippen LogP contribution >= 0.6 is 18.2 Å². The van der Waals surface area contributed by atoms with Gasteiger partial charge >= 0.3 is 6.80 Å². The minimum Gasteiger partial charge on any atom is -0.382 e. The summed E-state index contributed by atoms with van der Waals surface area (Å²) in [7, 11) is 5.48. The molecule has 1 fully saturated rings. The van der Waals surface area contributed by atoms with E-state index in [1.165, 1.54) is 6.26 Å². The molecule has 1 aliphatic rings. The van der Waals surface area contributed by atoms with Gasteiger partial charge in [-0.05, 0) is 30.5 Å². The molecule has 0 aliphatic carbocycles. The molecule has 1 rings (SSSR count). The zero-order chi connectivity index (χ0) is 9.90. The van der Waals surface area contributed by atoms with Gasteiger partial charge in [0.05, 0.1) is 12.7 Å². The van der Waals surface area contributed by atoms with Crippen molar-refractivity contribution in [3.8, 4) is 0 Å². The predicted molar refractivity (Wildman–Crippen MR) is 52.9 cm³/mol. The summed E-state index contributed by atoms with van der Waals surface area (Å²) in [4.78, 5) is 9.06. The average Bonchev–Trinajstić information content (AvgIpc) is 2.48. The first-order valence-corrected chi connectivity index (χ1v) is 7.38. The van der Waals surface area contributed by atoms with E-state index in [-0.39, 0.29) is 18.7 Å². The lowest BCUT2D eigenvalue weighted by Crippen LogP contribution is -2.15. The predicted octanol–water partition coefficient (Wildman–Crippen LogP) is 1.14. The summed E-state index contributed by atoms with van der Waals surface area (Å²) >= 11 is 0.813. The molecule has 3 atom stereocenters. The van der Waals surface area contributed by atoms with Crippen LogP contribution in [-0.2, 0) is 13.8 Å². The van der Waals surface area contributed by atoms with Crippen molar-refractivity contribution < 1.29 is 18.7 Å². The van der Waals surface area contributed by atoms with E-state index in [0.717, 1.165) is 24.2 Å². The van der Waals surface area contributed by atoms with E-state index in [0.29, 0.717) is 0 Å². The normalized spacial score (nSPS) is 33.1. The summed E-state index contributed by atoms with van der Waals surface area (Å²) in [5.41, 5.74) is 0. The molecule has 0 aromatic carbocycles. The first-order valence-electron chi connectivity index (χ1n) is 3.97. The van der Waals surface area contributed by atoms with E-state index in [2.05, 4.69) is 0 Å². The molecule has 74 valence electrons. The van der Waals surface area contributed by atoms with Gasteiger partial charge in [0, 0.05) is 6.00 Å². The topological polar surface area (TPSA) is 55.8 Å². The molecule has 0 saturated carbocycles. The van der Waals surface area contributed by atoms with Gasteiger partial charge in [0.15, 0.2) is 0 Å². The number of ether oxygens (including phenoxy) is 1. The van der Waals surface area contributed by atoms with E-state index in [9.17, 15) is 4.57 Å². The Kier molecular flexibility index (Phi) is 4.33. The monoisotopic (exact) mass is 222 g/mol. The molecule has 0 bridgehead atoms. The maximum atomic E-state index is 11.0. The molecule has 7 heteroatoms. The Morgan fingerprint density at radius 3 is 2.92 bits per heavy atom. The molecule has 1 unspecified atom stereocenters. The largest absolute Gasteiger partial charge is 0.386 e. The second kappa shape index (κ2) is 4.85. The van der Waals surface area contributed by atoms with Crippen LogP contribution in [0.25, 0.3) is 0 Å². The summed E-state index contributed by atoms with van der Waals surface area (Å²) in [5, 5.41) is 0. The summed E-state index contributed by atoms with van der Waals surface area (Å²) in [6, 6.07) is -0.249. The van der Waals surface area contributed by atoms with E-state index >= 15 is 0 Å². The molecule has 2 radical (unpaired) electrons. The Balaban J connectivity index is 2.23. The highest BCUT2D eigenvalue weighted by atomic mass is 32.7. The van der Waals surface area contributed by atoms with Crippen molar-refractivity contribution in [2.45, 2.75) is 24.9 Å². The van der Waals surface area contributed by atoms with Crippen molar-refractivity contribution in [1.29, 1.82) is 0 Å². The van der Waals surface area contributed by atoms with Crippen LogP contribution in [-0.4, -0.2) is 37.7 Å². The fraction of sp³-hybridized carbons (Fsp3) is 1.00. The second-order valence-electron chi connectivity index (χ2n) is 2.82. The van der Waals surface area contributed by atoms with Gasteiger partial charge in [-0.3, -0.25) is 4.52 Å². The molecule has 1 heterocycles. The third-order valence-electron chi connectivity index (χ3n) is 1.79. The van der Waals surface area contributed by atoms with Crippen molar-refractivity contribution in [2.75, 3.05) is 12.9 Å². The lowest BCUT2D eigenvalue weighted by atomic mass is 9.97. The molecular formula is C6H12BO4PS. The minimum atomic E-state index is -3.45. The fourth-order valence-corrected chi connectivity index (χ4v) is 2.04. The smallest absolute Gasteiger partial charge is 0.382 e. The van der Waals surface area contributed by atoms with Gasteiger partial charge in [0.2, 0.25) is 0 Å². The Bertz CT molecular complexity index is 215. The van der Waals surface area contributed by atoms with Crippen molar-refractivity contribution in [1.82, 2.24) is 0 Å². The van der Waals surface area contributed by atoms with Gasteiger partial charge in [0.1, 0.15) is 7.85 Å². The van der Waals surface area contributed by atoms with Gasteiger partial charge in [-0.2, -0.15) is 0 Å². The summed E-state index contributed by atoms with van der Waals surface area (Å²) in [6.07, 6.45) is 2.96. The van der Waals surface area contributed by atoms with Crippen LogP contribution in [0.1, 0.15) is 12.8 Å². The van der Waals surface area contributed by atoms with Crippen LogP contribution in [0.3, 0.4) is 0 Å². The van der Waals surface area contributed by atoms with Crippen LogP contribution in [0.15, 0.2) is 0 Å². The van der Waals surface area contributed by atoms with E-state index < -0.39 is 6.80 Å². The van der Waals surface area contributed by atoms with Gasteiger partial charge in [-0.1, -0.05) is 0 Å². The lowest BCUT2D eigenvalue weighted by Gasteiger charge is -2.13. The number of hydrogen-bond acceptors (Lipinski definition) is 4. The van der Waals surface area contributed by atoms with Gasteiger partial charge in [-0.15, -0.1) is 0 Å². The molecule has 0 aromatic rings. The quantitative estimate of drug-likeness (QED) is 0.570. The number of hydrogen-bond donors (Lipinski definition) is 1. The van der Waals surface area contributed by atoms with Crippen molar-refractivity contribution >= 4 is 26.0 Å². The first-order chi connectivity index (χ1) is 6.03. The molecule has 1 N–H and O–H groups in total. The Labute approximate surface area is 83.1 Å². The van der Waals surface area contributed by atoms with Crippen molar-refractivity contribution in [3.05, 3.63) is 0 Å². The van der Waals surface area contributed by atoms with Crippen LogP contribution < -0.4 is 0 Å². The molecule has 13 heavy (non-hydrogen) atoms. The van der Waals surface area contributed by atoms with E-state index in [1.54, 1.807) is 0 Å². The SMILES string of the molecule is [B][C@H]1CC[C@@H](COP(=O)(O)SC)O1. The summed E-state index contributed by atoms with van der Waals surface area (Å²) in [6.45, 7) is -3.31. The van der Waals surface area contributed by atoms with Gasteiger partial charge < -0.3 is 9.63 Å². The standard InChI is InChI=1S/C6H12BO4PS/c1-13-12(8,9)10-4-5-2-3-6(7)11-5/h5-6H,2-4H2,1H3,(H,8,9)/t5-,6+/m0/s1. The highest BCUT2D eigenvalue weighted by molar-refractivity contribution is 8.54. The van der Waals surface area contributed by atoms with Crippen molar-refractivity contribution in [2.24, 2.45) is 0 Å². The molecular weight excluding hydrogens is 210 g/mol. The third-order valence-corrected chi connectivity index (χ3v) is 4.43. The van der Waals surface area contributed by atoms with Crippen LogP contribution in [0, 0.1) is 0 Å². The van der Waals surface area contributed by atoms with Gasteiger partial charge in [0.25, 0.3) is 0 Å². The highest BCUT2D eigenvalue weighted by Gasteiger charge is 2.25. The first kappa shape index (κ1) is 11.6. The maximum Gasteiger partial charge on any atom is 0.386 e. The minimum absolute atomic E-state index is 0.136. The fourth-order valence-electron chi connectivity index (χ4n) is 1.09. The molecule has 4 nitrogen and oxygen atoms in total. The lowest BCUT2D eigenvalue weighted by molar-refractivity contribution is 0.0493. The Morgan fingerprint density at radius 1 is 1.77 bits per heavy atom. The van der Waals surface area contributed by atoms with Gasteiger partial charge in [-0.25, -0.2) is 4.57 Å². The molecule has 0 aromatic heterocycles. The molecule has 0 spiro atoms. The third kappa shape index (κ3) is 4.04. The zero-order valence-electron chi connectivity index (χ0n) is 7.38. The van der Waals surface area contributed by atoms with E-state index in [1.807, 2.05) is 0 Å². The zero-order valence-corrected chi connectivity index (χ0v) is 9.09. The van der Waals surface area contributed by atoms with E-state index in [4.69, 9.17) is 22.0 Å². The summed E-state index contributed by atoms with van der Waals surface area (Å²) < 4.78 is 21.0. The van der Waals surface area contributed by atoms with Crippen LogP contribution in [0.5, 0.6) is 0 Å². The molecule has 0 amide bonds. The van der Waals surface area contributed by atoms with Crippen LogP contribution in [0.4, 0.5) is 0 Å². The van der Waals surface area contributed by atoms with Crippen LogP contribution in [0.2, 0.25) is 0 Å². The summed E-state index contributed by atoms with van der Waals surface area (Å²) in [5.74, 6) is 0. The Morgan fingerprint density at radius 2 is 2.46 bits per heavy atom. The Hall–Kier alpha value is 0.525. The molecule has 1 saturated heterocycles. The average molecular weight is 222 g/mol. The highest BCUT2D eigenvalue weighted by Crippen LogP contribution is 2.54. The maximum absolute atomic E-state index is 11.0. The second-order valence-corrected chi connectivity index (χ2v) is 6.86.